The van der Waals surface area contributed by atoms with Gasteiger partial charge in [-0.05, 0) is 25.1 Å². The Hall–Kier alpha value is -1.14. The lowest BCUT2D eigenvalue weighted by atomic mass is 10.1. The van der Waals surface area contributed by atoms with Crippen molar-refractivity contribution >= 4 is 0 Å². The van der Waals surface area contributed by atoms with E-state index in [-0.39, 0.29) is 18.7 Å². The number of alkyl halides is 2. The molecule has 1 rings (SSSR count). The SMILES string of the molecule is CC(NCCOCC(F)F)c1cc(F)ccc1F. The normalized spacial score (nSPS) is 13.0. The highest BCUT2D eigenvalue weighted by Crippen LogP contribution is 2.17. The summed E-state index contributed by atoms with van der Waals surface area (Å²) in [7, 11) is 0. The molecule has 1 aromatic carbocycles. The van der Waals surface area contributed by atoms with Crippen LogP contribution in [0, 0.1) is 11.6 Å². The molecule has 0 saturated heterocycles. The average molecular weight is 265 g/mol. The molecule has 0 bridgehead atoms. The molecule has 1 aromatic rings. The van der Waals surface area contributed by atoms with Crippen molar-refractivity contribution in [3.05, 3.63) is 35.4 Å². The van der Waals surface area contributed by atoms with Gasteiger partial charge < -0.3 is 10.1 Å². The molecule has 2 nitrogen and oxygen atoms in total. The summed E-state index contributed by atoms with van der Waals surface area (Å²) in [4.78, 5) is 0. The second-order valence-corrected chi connectivity index (χ2v) is 3.81. The van der Waals surface area contributed by atoms with Crippen LogP contribution in [-0.2, 0) is 4.74 Å². The Balaban J connectivity index is 2.36. The van der Waals surface area contributed by atoms with Gasteiger partial charge in [-0.25, -0.2) is 17.6 Å². The fourth-order valence-corrected chi connectivity index (χ4v) is 1.48. The van der Waals surface area contributed by atoms with Gasteiger partial charge in [-0.1, -0.05) is 0 Å². The molecule has 0 heterocycles. The molecule has 0 aliphatic heterocycles. The van der Waals surface area contributed by atoms with Crippen molar-refractivity contribution in [1.82, 2.24) is 5.32 Å². The van der Waals surface area contributed by atoms with Crippen LogP contribution in [0.15, 0.2) is 18.2 Å². The van der Waals surface area contributed by atoms with E-state index in [0.717, 1.165) is 18.2 Å². The van der Waals surface area contributed by atoms with Crippen molar-refractivity contribution in [2.45, 2.75) is 19.4 Å². The first kappa shape index (κ1) is 14.9. The maximum Gasteiger partial charge on any atom is 0.261 e. The summed E-state index contributed by atoms with van der Waals surface area (Å²) in [6.45, 7) is 1.41. The van der Waals surface area contributed by atoms with Gasteiger partial charge in [0.25, 0.3) is 6.43 Å². The zero-order valence-corrected chi connectivity index (χ0v) is 9.93. The molecule has 0 aromatic heterocycles. The minimum atomic E-state index is -2.50. The zero-order chi connectivity index (χ0) is 13.5. The quantitative estimate of drug-likeness (QED) is 0.604. The Morgan fingerprint density at radius 2 is 2.00 bits per heavy atom. The standard InChI is InChI=1S/C12H15F4NO/c1-8(17-4-5-18-7-12(15)16)10-6-9(13)2-3-11(10)14/h2-3,6,8,12,17H,4-5,7H2,1H3. The highest BCUT2D eigenvalue weighted by atomic mass is 19.3. The second-order valence-electron chi connectivity index (χ2n) is 3.81. The van der Waals surface area contributed by atoms with Crippen molar-refractivity contribution in [3.63, 3.8) is 0 Å². The lowest BCUT2D eigenvalue weighted by Crippen LogP contribution is -2.24. The molecule has 0 radical (unpaired) electrons. The summed E-state index contributed by atoms with van der Waals surface area (Å²) in [5.41, 5.74) is 0.198. The third-order valence-electron chi connectivity index (χ3n) is 2.37. The van der Waals surface area contributed by atoms with Gasteiger partial charge in [-0.3, -0.25) is 0 Å². The van der Waals surface area contributed by atoms with Crippen molar-refractivity contribution in [3.8, 4) is 0 Å². The molecule has 0 amide bonds. The maximum absolute atomic E-state index is 13.4. The van der Waals surface area contributed by atoms with E-state index in [1.165, 1.54) is 0 Å². The molecule has 1 atom stereocenters. The van der Waals surface area contributed by atoms with Crippen LogP contribution in [0.5, 0.6) is 0 Å². The highest BCUT2D eigenvalue weighted by Gasteiger charge is 2.11. The van der Waals surface area contributed by atoms with E-state index in [0.29, 0.717) is 0 Å². The fourth-order valence-electron chi connectivity index (χ4n) is 1.48. The molecule has 0 aliphatic rings. The Morgan fingerprint density at radius 1 is 1.28 bits per heavy atom. The second kappa shape index (κ2) is 7.33. The van der Waals surface area contributed by atoms with Crippen LogP contribution in [0.2, 0.25) is 0 Å². The number of halogens is 4. The first-order valence-electron chi connectivity index (χ1n) is 5.55. The minimum Gasteiger partial charge on any atom is -0.374 e. The Bertz CT molecular complexity index is 373. The van der Waals surface area contributed by atoms with Gasteiger partial charge in [0.05, 0.1) is 6.61 Å². The number of nitrogens with one attached hydrogen (secondary N) is 1. The van der Waals surface area contributed by atoms with E-state index < -0.39 is 30.7 Å². The average Bonchev–Trinajstić information content (AvgIpc) is 2.31. The van der Waals surface area contributed by atoms with Crippen molar-refractivity contribution in [1.29, 1.82) is 0 Å². The van der Waals surface area contributed by atoms with E-state index >= 15 is 0 Å². The van der Waals surface area contributed by atoms with Crippen LogP contribution in [0.3, 0.4) is 0 Å². The Morgan fingerprint density at radius 3 is 2.67 bits per heavy atom. The van der Waals surface area contributed by atoms with Gasteiger partial charge in [0.15, 0.2) is 0 Å². The van der Waals surface area contributed by atoms with Crippen molar-refractivity contribution in [2.24, 2.45) is 0 Å². The third-order valence-corrected chi connectivity index (χ3v) is 2.37. The summed E-state index contributed by atoms with van der Waals surface area (Å²) in [6.07, 6.45) is -2.50. The Kier molecular flexibility index (Phi) is 6.07. The summed E-state index contributed by atoms with van der Waals surface area (Å²) in [5.74, 6) is -1.03. The predicted molar refractivity (Wildman–Crippen MR) is 59.6 cm³/mol. The van der Waals surface area contributed by atoms with Crippen LogP contribution < -0.4 is 5.32 Å². The Labute approximate surface area is 103 Å². The monoisotopic (exact) mass is 265 g/mol. The number of hydrogen-bond donors (Lipinski definition) is 1. The van der Waals surface area contributed by atoms with E-state index in [1.54, 1.807) is 6.92 Å². The molecule has 0 spiro atoms. The lowest BCUT2D eigenvalue weighted by Gasteiger charge is -2.15. The molecule has 0 aliphatic carbocycles. The zero-order valence-electron chi connectivity index (χ0n) is 9.93. The first-order valence-corrected chi connectivity index (χ1v) is 5.55. The van der Waals surface area contributed by atoms with Crippen LogP contribution in [0.1, 0.15) is 18.5 Å². The summed E-state index contributed by atoms with van der Waals surface area (Å²) in [6, 6.07) is 2.77. The molecule has 102 valence electrons. The first-order chi connectivity index (χ1) is 8.50. The number of benzene rings is 1. The van der Waals surface area contributed by atoms with E-state index in [1.807, 2.05) is 0 Å². The summed E-state index contributed by atoms with van der Waals surface area (Å²) < 4.78 is 54.4. The minimum absolute atomic E-state index is 0.0889. The maximum atomic E-state index is 13.4. The smallest absolute Gasteiger partial charge is 0.261 e. The molecule has 6 heteroatoms. The van der Waals surface area contributed by atoms with E-state index in [4.69, 9.17) is 0 Å². The molecule has 18 heavy (non-hydrogen) atoms. The third kappa shape index (κ3) is 5.01. The van der Waals surface area contributed by atoms with Crippen LogP contribution in [0.25, 0.3) is 0 Å². The van der Waals surface area contributed by atoms with Gasteiger partial charge in [0.1, 0.15) is 18.2 Å². The molecule has 1 N–H and O–H groups in total. The summed E-state index contributed by atoms with van der Waals surface area (Å²) in [5, 5.41) is 2.86. The largest absolute Gasteiger partial charge is 0.374 e. The van der Waals surface area contributed by atoms with Crippen molar-refractivity contribution in [2.75, 3.05) is 19.8 Å². The predicted octanol–water partition coefficient (Wildman–Crippen LogP) is 2.90. The van der Waals surface area contributed by atoms with E-state index in [2.05, 4.69) is 10.1 Å². The molecule has 1 unspecified atom stereocenters. The van der Waals surface area contributed by atoms with E-state index in [9.17, 15) is 17.6 Å². The van der Waals surface area contributed by atoms with Gasteiger partial charge in [0.2, 0.25) is 0 Å². The van der Waals surface area contributed by atoms with Gasteiger partial charge >= 0.3 is 0 Å². The van der Waals surface area contributed by atoms with Crippen molar-refractivity contribution < 1.29 is 22.3 Å². The van der Waals surface area contributed by atoms with Gasteiger partial charge in [0, 0.05) is 18.2 Å². The summed E-state index contributed by atoms with van der Waals surface area (Å²) >= 11 is 0. The van der Waals surface area contributed by atoms with Gasteiger partial charge in [-0.15, -0.1) is 0 Å². The van der Waals surface area contributed by atoms with Crippen LogP contribution >= 0.6 is 0 Å². The van der Waals surface area contributed by atoms with Crippen LogP contribution in [-0.4, -0.2) is 26.2 Å². The fraction of sp³-hybridized carbons (Fsp3) is 0.500. The molecular formula is C12H15F4NO. The lowest BCUT2D eigenvalue weighted by molar-refractivity contribution is 0.0183. The highest BCUT2D eigenvalue weighted by molar-refractivity contribution is 5.21. The topological polar surface area (TPSA) is 21.3 Å². The number of hydrogen-bond acceptors (Lipinski definition) is 2. The van der Waals surface area contributed by atoms with Gasteiger partial charge in [-0.2, -0.15) is 0 Å². The molecule has 0 fully saturated rings. The number of rotatable bonds is 7. The number of ether oxygens (including phenoxy) is 1. The molecule has 0 saturated carbocycles. The molecular weight excluding hydrogens is 250 g/mol. The van der Waals surface area contributed by atoms with Crippen LogP contribution in [0.4, 0.5) is 17.6 Å².